The smallest absolute Gasteiger partial charge is 1.00 e. The standard InChI is InChI=1S/3C14H8N2.ClH.Ru/c3*15-13-11-7-3-1-5-9(11)10-6-2-4-8-12(10)14(13)16;;/h3*1-8H;1H;/q3*-2;;+8/p-1. The molecular formula is C42H24ClN6Ru+. The fourth-order valence-electron chi connectivity index (χ4n) is 6.31. The third-order valence-electron chi connectivity index (χ3n) is 8.64. The van der Waals surface area contributed by atoms with E-state index in [0.29, 0.717) is 33.4 Å². The molecule has 0 heterocycles. The van der Waals surface area contributed by atoms with E-state index in [0.717, 1.165) is 33.4 Å². The Labute approximate surface area is 309 Å². The van der Waals surface area contributed by atoms with Crippen LogP contribution in [0, 0.1) is 0 Å². The molecule has 236 valence electrons. The molecule has 0 aliphatic heterocycles. The van der Waals surface area contributed by atoms with Crippen LogP contribution in [0.2, 0.25) is 0 Å². The summed E-state index contributed by atoms with van der Waals surface area (Å²) >= 11 is 0. The van der Waals surface area contributed by atoms with Crippen molar-refractivity contribution in [2.75, 3.05) is 0 Å². The fourth-order valence-corrected chi connectivity index (χ4v) is 6.31. The van der Waals surface area contributed by atoms with Gasteiger partial charge in [-0.2, -0.15) is 34.3 Å². The summed E-state index contributed by atoms with van der Waals surface area (Å²) in [7, 11) is 0. The normalized spacial score (nSPS) is 12.7. The second kappa shape index (κ2) is 14.8. The molecule has 6 nitrogen and oxygen atoms in total. The van der Waals surface area contributed by atoms with E-state index in [-0.39, 0.29) is 66.2 Å². The zero-order chi connectivity index (χ0) is 33.4. The number of nitrogens with zero attached hydrogens (tertiary/aromatic N) is 6. The Morgan fingerprint density at radius 2 is 0.300 bits per heavy atom. The minimum absolute atomic E-state index is 0. The van der Waals surface area contributed by atoms with Crippen LogP contribution in [0.5, 0.6) is 0 Å². The SMILES string of the molecule is [Cl-].[N-]=C1C(=[N-])c2ccccc2-c2ccccc21.[N-]=C1C(=[N-])c2ccccc2-c2ccccc21.[N-]=C1C(=[N-])c2ccccc2-c2ccccc21.[Ru+8]. The van der Waals surface area contributed by atoms with Gasteiger partial charge in [-0.25, -0.2) is 0 Å². The molecule has 9 rings (SSSR count). The van der Waals surface area contributed by atoms with Gasteiger partial charge in [0.25, 0.3) is 0 Å². The van der Waals surface area contributed by atoms with Gasteiger partial charge in [-0.05, 0) is 66.8 Å². The van der Waals surface area contributed by atoms with Gasteiger partial charge in [0.05, 0.1) is 0 Å². The van der Waals surface area contributed by atoms with Crippen LogP contribution in [0.25, 0.3) is 65.8 Å². The molecule has 0 spiro atoms. The Hall–Kier alpha value is -5.75. The molecule has 8 heteroatoms. The van der Waals surface area contributed by atoms with Crippen LogP contribution in [0.3, 0.4) is 0 Å². The van der Waals surface area contributed by atoms with Crippen molar-refractivity contribution in [2.45, 2.75) is 0 Å². The number of hydrogen-bond donors (Lipinski definition) is 0. The number of rotatable bonds is 0. The molecule has 0 saturated carbocycles. The summed E-state index contributed by atoms with van der Waals surface area (Å²) in [5, 5.41) is 59.4. The topological polar surface area (TPSA) is 134 Å². The van der Waals surface area contributed by atoms with Gasteiger partial charge >= 0.3 is 19.5 Å². The summed E-state index contributed by atoms with van der Waals surface area (Å²) < 4.78 is 0. The fraction of sp³-hybridized carbons (Fsp3) is 0. The monoisotopic (exact) mass is 749 g/mol. The molecule has 0 fully saturated rings. The third kappa shape index (κ3) is 6.14. The number of fused-ring (bicyclic) bond motifs is 9. The Morgan fingerprint density at radius 3 is 0.420 bits per heavy atom. The average Bonchev–Trinajstić information content (AvgIpc) is 3.15. The molecule has 0 saturated heterocycles. The molecule has 3 aliphatic rings. The maximum atomic E-state index is 9.91. The first kappa shape index (κ1) is 35.6. The van der Waals surface area contributed by atoms with Crippen LogP contribution in [-0.2, 0) is 19.5 Å². The Morgan fingerprint density at radius 1 is 0.200 bits per heavy atom. The first-order valence-corrected chi connectivity index (χ1v) is 15.3. The Balaban J connectivity index is 0.000000143. The van der Waals surface area contributed by atoms with Crippen molar-refractivity contribution in [2.24, 2.45) is 0 Å². The van der Waals surface area contributed by atoms with Gasteiger partial charge in [-0.3, -0.25) is 0 Å². The molecule has 6 aromatic rings. The first-order valence-electron chi connectivity index (χ1n) is 15.3. The van der Waals surface area contributed by atoms with Gasteiger partial charge in [0.15, 0.2) is 0 Å². The zero-order valence-electron chi connectivity index (χ0n) is 26.3. The van der Waals surface area contributed by atoms with Crippen molar-refractivity contribution in [3.8, 4) is 33.4 Å². The predicted octanol–water partition coefficient (Wildman–Crippen LogP) is 6.25. The maximum absolute atomic E-state index is 9.91. The van der Waals surface area contributed by atoms with Crippen LogP contribution in [0.4, 0.5) is 0 Å². The Bertz CT molecular complexity index is 1950. The zero-order valence-corrected chi connectivity index (χ0v) is 28.8. The second-order valence-electron chi connectivity index (χ2n) is 11.4. The molecule has 0 aromatic heterocycles. The number of halogens is 1. The van der Waals surface area contributed by atoms with E-state index < -0.39 is 0 Å². The van der Waals surface area contributed by atoms with Crippen LogP contribution in [0.15, 0.2) is 146 Å². The van der Waals surface area contributed by atoms with Crippen LogP contribution < -0.4 is 12.4 Å². The minimum Gasteiger partial charge on any atom is -1.00 e. The van der Waals surface area contributed by atoms with Crippen molar-refractivity contribution < 1.29 is 31.9 Å². The number of hydrogen-bond acceptors (Lipinski definition) is 0. The van der Waals surface area contributed by atoms with Gasteiger partial charge < -0.3 is 44.9 Å². The molecule has 6 aromatic carbocycles. The molecule has 50 heavy (non-hydrogen) atoms. The first-order chi connectivity index (χ1) is 23.4. The van der Waals surface area contributed by atoms with Crippen molar-refractivity contribution in [3.05, 3.63) is 211 Å². The summed E-state index contributed by atoms with van der Waals surface area (Å²) in [6.45, 7) is 0. The molecule has 3 aliphatic carbocycles. The molecular weight excluding hydrogens is 725 g/mol. The van der Waals surface area contributed by atoms with E-state index in [4.69, 9.17) is 0 Å². The van der Waals surface area contributed by atoms with E-state index in [9.17, 15) is 32.5 Å². The minimum atomic E-state index is -0.0469. The van der Waals surface area contributed by atoms with Crippen molar-refractivity contribution >= 4 is 34.3 Å². The molecule has 0 N–H and O–H groups in total. The predicted molar refractivity (Wildman–Crippen MR) is 200 cm³/mol. The van der Waals surface area contributed by atoms with Gasteiger partial charge in [0.2, 0.25) is 0 Å². The Kier molecular flexibility index (Phi) is 10.5. The van der Waals surface area contributed by atoms with E-state index in [1.807, 2.05) is 109 Å². The maximum Gasteiger partial charge on any atom is 8.00 e. The van der Waals surface area contributed by atoms with Gasteiger partial charge in [0.1, 0.15) is 0 Å². The largest absolute Gasteiger partial charge is 8.00 e. The summed E-state index contributed by atoms with van der Waals surface area (Å²) in [4.78, 5) is 0. The van der Waals surface area contributed by atoms with Crippen molar-refractivity contribution in [3.63, 3.8) is 0 Å². The molecule has 0 atom stereocenters. The van der Waals surface area contributed by atoms with Crippen LogP contribution >= 0.6 is 0 Å². The molecule has 0 amide bonds. The van der Waals surface area contributed by atoms with Gasteiger partial charge in [-0.1, -0.05) is 146 Å². The number of benzene rings is 6. The third-order valence-corrected chi connectivity index (χ3v) is 8.64. The van der Waals surface area contributed by atoms with E-state index in [1.54, 1.807) is 36.4 Å². The van der Waals surface area contributed by atoms with E-state index >= 15 is 0 Å². The summed E-state index contributed by atoms with van der Waals surface area (Å²) in [5.74, 6) is 0. The molecule has 0 radical (unpaired) electrons. The van der Waals surface area contributed by atoms with Gasteiger partial charge in [-0.15, -0.1) is 0 Å². The van der Waals surface area contributed by atoms with E-state index in [2.05, 4.69) is 0 Å². The molecule has 0 unspecified atom stereocenters. The van der Waals surface area contributed by atoms with Crippen LogP contribution in [0.1, 0.15) is 33.4 Å². The van der Waals surface area contributed by atoms with Crippen molar-refractivity contribution in [1.82, 2.24) is 0 Å². The second-order valence-corrected chi connectivity index (χ2v) is 11.4. The quantitative estimate of drug-likeness (QED) is 0.163. The summed E-state index contributed by atoms with van der Waals surface area (Å²) in [5.41, 5.74) is 9.51. The van der Waals surface area contributed by atoms with E-state index in [1.165, 1.54) is 0 Å². The average molecular weight is 749 g/mol. The van der Waals surface area contributed by atoms with Crippen LogP contribution in [-0.4, -0.2) is 34.3 Å². The van der Waals surface area contributed by atoms with Gasteiger partial charge in [0, 0.05) is 0 Å². The summed E-state index contributed by atoms with van der Waals surface area (Å²) in [6, 6.07) is 45.1. The molecule has 0 bridgehead atoms. The van der Waals surface area contributed by atoms with Crippen molar-refractivity contribution in [1.29, 1.82) is 0 Å². The summed E-state index contributed by atoms with van der Waals surface area (Å²) in [6.07, 6.45) is 0.